The summed E-state index contributed by atoms with van der Waals surface area (Å²) in [5, 5.41) is 11.3. The second-order valence-electron chi connectivity index (χ2n) is 3.29. The zero-order valence-corrected chi connectivity index (χ0v) is 8.42. The predicted octanol–water partition coefficient (Wildman–Crippen LogP) is -0.915. The van der Waals surface area contributed by atoms with E-state index in [0.717, 1.165) is 0 Å². The summed E-state index contributed by atoms with van der Waals surface area (Å²) in [7, 11) is 1.66. The number of rotatable bonds is 4. The molecule has 15 heavy (non-hydrogen) atoms. The second-order valence-corrected chi connectivity index (χ2v) is 3.29. The van der Waals surface area contributed by atoms with Gasteiger partial charge < -0.3 is 9.47 Å². The molecular formula is C8H12N4O3. The van der Waals surface area contributed by atoms with Gasteiger partial charge in [-0.2, -0.15) is 4.80 Å². The van der Waals surface area contributed by atoms with Crippen LogP contribution in [0.3, 0.4) is 0 Å². The van der Waals surface area contributed by atoms with Crippen molar-refractivity contribution in [2.75, 3.05) is 13.2 Å². The summed E-state index contributed by atoms with van der Waals surface area (Å²) in [6, 6.07) is 0. The molecule has 0 bridgehead atoms. The smallest absolute Gasteiger partial charge is 0.182 e. The third-order valence-corrected chi connectivity index (χ3v) is 1.99. The molecule has 1 aromatic heterocycles. The van der Waals surface area contributed by atoms with Crippen molar-refractivity contribution >= 4 is 5.78 Å². The van der Waals surface area contributed by atoms with Crippen molar-refractivity contribution in [2.24, 2.45) is 7.05 Å². The molecule has 1 aromatic rings. The van der Waals surface area contributed by atoms with Gasteiger partial charge in [0.2, 0.25) is 0 Å². The van der Waals surface area contributed by atoms with Crippen LogP contribution in [0.15, 0.2) is 0 Å². The van der Waals surface area contributed by atoms with Gasteiger partial charge in [-0.3, -0.25) is 4.79 Å². The SMILES string of the molecule is Cn1nnc(CC(=O)CC2OCCO2)n1. The largest absolute Gasteiger partial charge is 0.350 e. The van der Waals surface area contributed by atoms with Crippen LogP contribution in [-0.4, -0.2) is 45.5 Å². The van der Waals surface area contributed by atoms with Gasteiger partial charge in [-0.05, 0) is 5.21 Å². The van der Waals surface area contributed by atoms with Crippen LogP contribution >= 0.6 is 0 Å². The molecule has 7 nitrogen and oxygen atoms in total. The van der Waals surface area contributed by atoms with E-state index in [-0.39, 0.29) is 18.6 Å². The van der Waals surface area contributed by atoms with Crippen molar-refractivity contribution in [3.63, 3.8) is 0 Å². The topological polar surface area (TPSA) is 79.1 Å². The molecule has 0 aromatic carbocycles. The van der Waals surface area contributed by atoms with E-state index in [4.69, 9.17) is 9.47 Å². The van der Waals surface area contributed by atoms with E-state index in [1.807, 2.05) is 0 Å². The van der Waals surface area contributed by atoms with Crippen molar-refractivity contribution in [1.82, 2.24) is 20.2 Å². The third-order valence-electron chi connectivity index (χ3n) is 1.99. The van der Waals surface area contributed by atoms with Crippen LogP contribution in [0.4, 0.5) is 0 Å². The van der Waals surface area contributed by atoms with Gasteiger partial charge in [-0.15, -0.1) is 10.2 Å². The molecule has 2 rings (SSSR count). The molecule has 0 radical (unpaired) electrons. The van der Waals surface area contributed by atoms with Crippen molar-refractivity contribution in [3.8, 4) is 0 Å². The Bertz CT molecular complexity index is 345. The zero-order chi connectivity index (χ0) is 10.7. The average molecular weight is 212 g/mol. The summed E-state index contributed by atoms with van der Waals surface area (Å²) in [6.45, 7) is 1.11. The first-order valence-corrected chi connectivity index (χ1v) is 4.72. The number of aryl methyl sites for hydroxylation is 1. The zero-order valence-electron chi connectivity index (χ0n) is 8.42. The second kappa shape index (κ2) is 4.45. The van der Waals surface area contributed by atoms with E-state index < -0.39 is 6.29 Å². The Morgan fingerprint density at radius 1 is 1.53 bits per heavy atom. The monoisotopic (exact) mass is 212 g/mol. The molecule has 0 spiro atoms. The van der Waals surface area contributed by atoms with E-state index in [1.165, 1.54) is 4.80 Å². The highest BCUT2D eigenvalue weighted by Crippen LogP contribution is 2.09. The maximum Gasteiger partial charge on any atom is 0.182 e. The fourth-order valence-electron chi connectivity index (χ4n) is 1.35. The fraction of sp³-hybridized carbons (Fsp3) is 0.750. The number of ether oxygens (including phenoxy) is 2. The summed E-state index contributed by atoms with van der Waals surface area (Å²) < 4.78 is 10.3. The number of carbonyl (C=O) groups excluding carboxylic acids is 1. The summed E-state index contributed by atoms with van der Waals surface area (Å²) in [5.74, 6) is 0.426. The lowest BCUT2D eigenvalue weighted by molar-refractivity contribution is -0.126. The van der Waals surface area contributed by atoms with Gasteiger partial charge in [0, 0.05) is 0 Å². The Kier molecular flexibility index (Phi) is 3.02. The molecule has 1 fully saturated rings. The molecule has 0 N–H and O–H groups in total. The molecule has 0 saturated carbocycles. The summed E-state index contributed by atoms with van der Waals surface area (Å²) >= 11 is 0. The average Bonchev–Trinajstić information content (AvgIpc) is 2.77. The number of nitrogens with zero attached hydrogens (tertiary/aromatic N) is 4. The lowest BCUT2D eigenvalue weighted by atomic mass is 10.2. The first-order valence-electron chi connectivity index (χ1n) is 4.72. The van der Waals surface area contributed by atoms with Gasteiger partial charge in [0.1, 0.15) is 5.78 Å². The van der Waals surface area contributed by atoms with Gasteiger partial charge in [0.25, 0.3) is 0 Å². The maximum absolute atomic E-state index is 11.5. The Morgan fingerprint density at radius 3 is 2.87 bits per heavy atom. The summed E-state index contributed by atoms with van der Waals surface area (Å²) in [6.07, 6.45) is 0.0316. The van der Waals surface area contributed by atoms with E-state index in [2.05, 4.69) is 15.4 Å². The minimum Gasteiger partial charge on any atom is -0.350 e. The van der Waals surface area contributed by atoms with E-state index in [9.17, 15) is 4.79 Å². The lowest BCUT2D eigenvalue weighted by Crippen LogP contribution is -2.16. The fourth-order valence-corrected chi connectivity index (χ4v) is 1.35. The maximum atomic E-state index is 11.5. The van der Waals surface area contributed by atoms with Gasteiger partial charge in [0.15, 0.2) is 12.1 Å². The van der Waals surface area contributed by atoms with Gasteiger partial charge >= 0.3 is 0 Å². The quantitative estimate of drug-likeness (QED) is 0.642. The Labute approximate surface area is 86.4 Å². The molecule has 1 aliphatic heterocycles. The van der Waals surface area contributed by atoms with Crippen LogP contribution in [0.5, 0.6) is 0 Å². The Hall–Kier alpha value is -1.34. The first kappa shape index (κ1) is 10.2. The van der Waals surface area contributed by atoms with Gasteiger partial charge in [0.05, 0.1) is 33.1 Å². The molecule has 0 aliphatic carbocycles. The number of ketones is 1. The molecule has 1 saturated heterocycles. The molecule has 0 amide bonds. The first-order chi connectivity index (χ1) is 7.24. The minimum atomic E-state index is -0.394. The molecule has 2 heterocycles. The van der Waals surface area contributed by atoms with Crippen LogP contribution in [-0.2, 0) is 27.7 Å². The van der Waals surface area contributed by atoms with Crippen molar-refractivity contribution in [2.45, 2.75) is 19.1 Å². The van der Waals surface area contributed by atoms with Crippen LogP contribution in [0, 0.1) is 0 Å². The Morgan fingerprint density at radius 2 is 2.27 bits per heavy atom. The number of aromatic nitrogens is 4. The Balaban J connectivity index is 1.81. The number of hydrogen-bond donors (Lipinski definition) is 0. The highest BCUT2D eigenvalue weighted by atomic mass is 16.7. The number of tetrazole rings is 1. The van der Waals surface area contributed by atoms with E-state index in [1.54, 1.807) is 7.05 Å². The van der Waals surface area contributed by atoms with Crippen LogP contribution < -0.4 is 0 Å². The number of hydrogen-bond acceptors (Lipinski definition) is 6. The van der Waals surface area contributed by atoms with Crippen LogP contribution in [0.25, 0.3) is 0 Å². The van der Waals surface area contributed by atoms with Crippen molar-refractivity contribution < 1.29 is 14.3 Å². The van der Waals surface area contributed by atoms with E-state index >= 15 is 0 Å². The highest BCUT2D eigenvalue weighted by Gasteiger charge is 2.20. The summed E-state index contributed by atoms with van der Waals surface area (Å²) in [4.78, 5) is 12.8. The van der Waals surface area contributed by atoms with Crippen LogP contribution in [0.2, 0.25) is 0 Å². The van der Waals surface area contributed by atoms with E-state index in [0.29, 0.717) is 19.0 Å². The van der Waals surface area contributed by atoms with Crippen molar-refractivity contribution in [3.05, 3.63) is 5.82 Å². The molecule has 82 valence electrons. The molecule has 0 unspecified atom stereocenters. The predicted molar refractivity (Wildman–Crippen MR) is 47.8 cm³/mol. The van der Waals surface area contributed by atoms with Crippen molar-refractivity contribution in [1.29, 1.82) is 0 Å². The molecule has 7 heteroatoms. The number of Topliss-reactive ketones (excluding diaryl/α,β-unsaturated/α-hetero) is 1. The minimum absolute atomic E-state index is 0.00472. The molecular weight excluding hydrogens is 200 g/mol. The number of carbonyl (C=O) groups is 1. The normalized spacial score (nSPS) is 17.1. The standard InChI is InChI=1S/C8H12N4O3/c1-12-10-7(9-11-12)4-6(13)5-8-14-2-3-15-8/h8H,2-5H2,1H3. The lowest BCUT2D eigenvalue weighted by Gasteiger charge is -2.05. The summed E-state index contributed by atoms with van der Waals surface area (Å²) in [5.41, 5.74) is 0. The van der Waals surface area contributed by atoms with Gasteiger partial charge in [-0.25, -0.2) is 0 Å². The van der Waals surface area contributed by atoms with Crippen LogP contribution in [0.1, 0.15) is 12.2 Å². The third kappa shape index (κ3) is 2.80. The molecule has 1 aliphatic rings. The highest BCUT2D eigenvalue weighted by molar-refractivity contribution is 5.80. The van der Waals surface area contributed by atoms with Gasteiger partial charge in [-0.1, -0.05) is 0 Å². The molecule has 0 atom stereocenters.